The molecule has 0 atom stereocenters. The number of benzene rings is 3. The van der Waals surface area contributed by atoms with Crippen molar-refractivity contribution in [3.63, 3.8) is 0 Å². The number of aromatic nitrogens is 2. The molecule has 1 heterocycles. The van der Waals surface area contributed by atoms with E-state index in [-0.39, 0.29) is 5.91 Å². The van der Waals surface area contributed by atoms with E-state index in [1.165, 1.54) is 16.6 Å². The number of nitrogens with one attached hydrogen (secondary N) is 1. The van der Waals surface area contributed by atoms with Crippen molar-refractivity contribution in [2.75, 3.05) is 13.2 Å². The molecule has 1 N–H and O–H groups in total. The Morgan fingerprint density at radius 1 is 0.865 bits per heavy atom. The molecule has 0 aliphatic rings. The van der Waals surface area contributed by atoms with E-state index >= 15 is 0 Å². The molecule has 0 radical (unpaired) electrons. The lowest BCUT2D eigenvalue weighted by atomic mass is 10.1. The van der Waals surface area contributed by atoms with E-state index in [9.17, 15) is 4.79 Å². The topological polar surface area (TPSA) is 56.1 Å². The zero-order chi connectivity index (χ0) is 26.0. The van der Waals surface area contributed by atoms with E-state index in [1.807, 2.05) is 31.2 Å². The smallest absolute Gasteiger partial charge is 0.251 e. The second-order valence-electron chi connectivity index (χ2n) is 9.87. The highest BCUT2D eigenvalue weighted by atomic mass is 16.5. The number of ether oxygens (including phenoxy) is 1. The second-order valence-corrected chi connectivity index (χ2v) is 9.87. The van der Waals surface area contributed by atoms with Crippen molar-refractivity contribution < 1.29 is 9.53 Å². The first kappa shape index (κ1) is 26.5. The van der Waals surface area contributed by atoms with Crippen LogP contribution in [0, 0.1) is 20.8 Å². The van der Waals surface area contributed by atoms with Gasteiger partial charge in [0, 0.05) is 25.1 Å². The number of imidazole rings is 1. The first-order valence-electron chi connectivity index (χ1n) is 13.5. The molecule has 4 rings (SSSR count). The molecule has 5 heteroatoms. The van der Waals surface area contributed by atoms with Crippen LogP contribution in [0.25, 0.3) is 11.0 Å². The minimum absolute atomic E-state index is 0.0152. The van der Waals surface area contributed by atoms with Gasteiger partial charge < -0.3 is 14.6 Å². The lowest BCUT2D eigenvalue weighted by molar-refractivity contribution is 0.0952. The van der Waals surface area contributed by atoms with Crippen molar-refractivity contribution in [1.82, 2.24) is 14.9 Å². The molecule has 5 nitrogen and oxygen atoms in total. The summed E-state index contributed by atoms with van der Waals surface area (Å²) in [5, 5.41) is 3.06. The van der Waals surface area contributed by atoms with E-state index in [4.69, 9.17) is 9.72 Å². The van der Waals surface area contributed by atoms with Gasteiger partial charge >= 0.3 is 0 Å². The molecule has 0 aliphatic carbocycles. The number of para-hydroxylation sites is 2. The number of amides is 1. The van der Waals surface area contributed by atoms with Crippen LogP contribution in [0.15, 0.2) is 66.7 Å². The van der Waals surface area contributed by atoms with Crippen LogP contribution in [0.2, 0.25) is 0 Å². The zero-order valence-electron chi connectivity index (χ0n) is 22.4. The fourth-order valence-electron chi connectivity index (χ4n) is 4.69. The molecule has 0 spiro atoms. The third kappa shape index (κ3) is 7.22. The van der Waals surface area contributed by atoms with E-state index in [0.717, 1.165) is 79.9 Å². The van der Waals surface area contributed by atoms with Crippen LogP contribution >= 0.6 is 0 Å². The first-order valence-corrected chi connectivity index (χ1v) is 13.5. The maximum absolute atomic E-state index is 12.4. The van der Waals surface area contributed by atoms with Gasteiger partial charge in [-0.05, 0) is 87.4 Å². The molecule has 0 aliphatic heterocycles. The van der Waals surface area contributed by atoms with Gasteiger partial charge in [0.15, 0.2) is 0 Å². The fourth-order valence-corrected chi connectivity index (χ4v) is 4.69. The van der Waals surface area contributed by atoms with Gasteiger partial charge in [-0.2, -0.15) is 0 Å². The zero-order valence-corrected chi connectivity index (χ0v) is 22.4. The Bertz CT molecular complexity index is 1320. The molecule has 0 fully saturated rings. The number of carbonyl (C=O) groups excluding carboxylic acids is 1. The van der Waals surface area contributed by atoms with Gasteiger partial charge in [0.05, 0.1) is 17.6 Å². The van der Waals surface area contributed by atoms with Crippen molar-refractivity contribution >= 4 is 16.9 Å². The van der Waals surface area contributed by atoms with Crippen molar-refractivity contribution in [3.8, 4) is 5.75 Å². The number of unbranched alkanes of at least 4 members (excludes halogenated alkanes) is 3. The van der Waals surface area contributed by atoms with E-state index in [2.05, 4.69) is 66.2 Å². The Kier molecular flexibility index (Phi) is 9.36. The number of hydrogen-bond donors (Lipinski definition) is 1. The van der Waals surface area contributed by atoms with Crippen LogP contribution in [0.1, 0.15) is 65.0 Å². The second kappa shape index (κ2) is 13.1. The molecule has 194 valence electrons. The molecule has 0 bridgehead atoms. The molecular weight excluding hydrogens is 458 g/mol. The summed E-state index contributed by atoms with van der Waals surface area (Å²) < 4.78 is 8.44. The van der Waals surface area contributed by atoms with Gasteiger partial charge in [0.1, 0.15) is 11.6 Å². The summed E-state index contributed by atoms with van der Waals surface area (Å²) in [4.78, 5) is 17.3. The maximum Gasteiger partial charge on any atom is 0.251 e. The number of rotatable bonds is 13. The van der Waals surface area contributed by atoms with E-state index in [0.29, 0.717) is 6.54 Å². The minimum atomic E-state index is 0.0152. The minimum Gasteiger partial charge on any atom is -0.493 e. The average Bonchev–Trinajstić information content (AvgIpc) is 3.25. The van der Waals surface area contributed by atoms with Gasteiger partial charge in [-0.1, -0.05) is 48.9 Å². The fraction of sp³-hybridized carbons (Fsp3) is 0.375. The SMILES string of the molecule is Cc1ccc(C)c(OCCCCn2c(CCCCCNC(=O)c3ccccc3C)nc3ccccc32)c1. The molecule has 0 unspecified atom stereocenters. The summed E-state index contributed by atoms with van der Waals surface area (Å²) in [7, 11) is 0. The highest BCUT2D eigenvalue weighted by molar-refractivity contribution is 5.95. The lowest BCUT2D eigenvalue weighted by Crippen LogP contribution is -2.25. The van der Waals surface area contributed by atoms with Gasteiger partial charge in [0.25, 0.3) is 5.91 Å². The molecule has 0 saturated carbocycles. The highest BCUT2D eigenvalue weighted by Gasteiger charge is 2.11. The summed E-state index contributed by atoms with van der Waals surface area (Å²) in [5.74, 6) is 2.16. The molecule has 1 aromatic heterocycles. The van der Waals surface area contributed by atoms with E-state index in [1.54, 1.807) is 0 Å². The molecule has 37 heavy (non-hydrogen) atoms. The normalized spacial score (nSPS) is 11.1. The van der Waals surface area contributed by atoms with Crippen LogP contribution in [-0.2, 0) is 13.0 Å². The first-order chi connectivity index (χ1) is 18.0. The Labute approximate surface area is 220 Å². The largest absolute Gasteiger partial charge is 0.493 e. The molecule has 4 aromatic rings. The van der Waals surface area contributed by atoms with Crippen LogP contribution in [0.4, 0.5) is 0 Å². The third-order valence-electron chi connectivity index (χ3n) is 6.86. The lowest BCUT2D eigenvalue weighted by Gasteiger charge is -2.12. The summed E-state index contributed by atoms with van der Waals surface area (Å²) in [6, 6.07) is 22.5. The number of hydrogen-bond acceptors (Lipinski definition) is 3. The predicted octanol–water partition coefficient (Wildman–Crippen LogP) is 6.96. The van der Waals surface area contributed by atoms with Crippen LogP contribution in [-0.4, -0.2) is 28.6 Å². The maximum atomic E-state index is 12.4. The Hall–Kier alpha value is -3.60. The number of aryl methyl sites for hydroxylation is 5. The van der Waals surface area contributed by atoms with Crippen molar-refractivity contribution in [2.24, 2.45) is 0 Å². The van der Waals surface area contributed by atoms with Crippen LogP contribution < -0.4 is 10.1 Å². The summed E-state index contributed by atoms with van der Waals surface area (Å²) >= 11 is 0. The Morgan fingerprint density at radius 2 is 1.68 bits per heavy atom. The molecule has 0 saturated heterocycles. The summed E-state index contributed by atoms with van der Waals surface area (Å²) in [6.07, 6.45) is 6.07. The Morgan fingerprint density at radius 3 is 2.54 bits per heavy atom. The van der Waals surface area contributed by atoms with Crippen LogP contribution in [0.5, 0.6) is 5.75 Å². The molecule has 3 aromatic carbocycles. The van der Waals surface area contributed by atoms with Crippen LogP contribution in [0.3, 0.4) is 0 Å². The number of carbonyl (C=O) groups is 1. The number of fused-ring (bicyclic) bond motifs is 1. The van der Waals surface area contributed by atoms with Gasteiger partial charge in [-0.25, -0.2) is 4.98 Å². The van der Waals surface area contributed by atoms with E-state index < -0.39 is 0 Å². The predicted molar refractivity (Wildman–Crippen MR) is 151 cm³/mol. The monoisotopic (exact) mass is 497 g/mol. The summed E-state index contributed by atoms with van der Waals surface area (Å²) in [6.45, 7) is 8.53. The van der Waals surface area contributed by atoms with Gasteiger partial charge in [-0.15, -0.1) is 0 Å². The van der Waals surface area contributed by atoms with Gasteiger partial charge in [-0.3, -0.25) is 4.79 Å². The van der Waals surface area contributed by atoms with Crippen molar-refractivity contribution in [3.05, 3.63) is 94.8 Å². The standard InChI is InChI=1S/C32H39N3O2/c1-24-18-19-26(3)30(23-24)37-22-12-11-21-35-29-16-9-8-15-28(29)34-31(35)17-5-4-10-20-33-32(36)27-14-7-6-13-25(27)2/h6-9,13-16,18-19,23H,4-5,10-12,17,20-22H2,1-3H3,(H,33,36). The average molecular weight is 498 g/mol. The Balaban J connectivity index is 1.23. The molecular formula is C32H39N3O2. The number of nitrogens with zero attached hydrogens (tertiary/aromatic N) is 2. The molecule has 1 amide bonds. The third-order valence-corrected chi connectivity index (χ3v) is 6.86. The summed E-state index contributed by atoms with van der Waals surface area (Å²) in [5.41, 5.74) is 6.45. The van der Waals surface area contributed by atoms with Crippen molar-refractivity contribution in [2.45, 2.75) is 65.8 Å². The highest BCUT2D eigenvalue weighted by Crippen LogP contribution is 2.21. The van der Waals surface area contributed by atoms with Crippen molar-refractivity contribution in [1.29, 1.82) is 0 Å². The van der Waals surface area contributed by atoms with Gasteiger partial charge in [0.2, 0.25) is 0 Å². The quantitative estimate of drug-likeness (QED) is 0.203.